The normalized spacial score (nSPS) is 12.0. The van der Waals surface area contributed by atoms with Crippen LogP contribution in [0.2, 0.25) is 0 Å². The molecule has 4 heteroatoms. The molecule has 0 bridgehead atoms. The first-order valence-corrected chi connectivity index (χ1v) is 7.36. The second-order valence-corrected chi connectivity index (χ2v) is 5.79. The average molecular weight is 301 g/mol. The average Bonchev–Trinajstić information content (AvgIpc) is 2.59. The first kappa shape index (κ1) is 12.4. The molecule has 0 aliphatic carbocycles. The van der Waals surface area contributed by atoms with Crippen molar-refractivity contribution < 1.29 is 4.42 Å². The molecule has 0 unspecified atom stereocenters. The van der Waals surface area contributed by atoms with Crippen LogP contribution in [0.1, 0.15) is 0 Å². The van der Waals surface area contributed by atoms with Crippen molar-refractivity contribution in [3.8, 4) is 0 Å². The summed E-state index contributed by atoms with van der Waals surface area (Å²) in [5.74, 6) is 0. The summed E-state index contributed by atoms with van der Waals surface area (Å²) in [6.45, 7) is 0. The van der Waals surface area contributed by atoms with Crippen LogP contribution < -0.4 is 11.1 Å². The molecule has 0 spiro atoms. The van der Waals surface area contributed by atoms with Crippen LogP contribution in [0.5, 0.6) is 0 Å². The fraction of sp³-hybridized carbons (Fsp3) is 0.0526. The van der Waals surface area contributed by atoms with Gasteiger partial charge >= 0.3 is 0 Å². The molecule has 0 amide bonds. The molecular weight excluding hydrogens is 290 g/mol. The van der Waals surface area contributed by atoms with Crippen LogP contribution in [0.25, 0.3) is 43.5 Å². The Morgan fingerprint density at radius 3 is 2.13 bits per heavy atom. The van der Waals surface area contributed by atoms with Crippen molar-refractivity contribution in [1.82, 2.24) is 4.57 Å². The van der Waals surface area contributed by atoms with Gasteiger partial charge in [-0.1, -0.05) is 24.3 Å². The molecule has 0 aliphatic rings. The monoisotopic (exact) mass is 301 g/mol. The van der Waals surface area contributed by atoms with Gasteiger partial charge in [0.2, 0.25) is 0 Å². The Hall–Kier alpha value is -3.14. The zero-order chi connectivity index (χ0) is 15.7. The second-order valence-electron chi connectivity index (χ2n) is 5.79. The summed E-state index contributed by atoms with van der Waals surface area (Å²) in [5.41, 5.74) is 0.924. The molecule has 110 valence electrons. The SMILES string of the molecule is Cn1c(=O)c2ccc3oc4ccccc4c4ccc(c1=O)c2c34. The summed E-state index contributed by atoms with van der Waals surface area (Å²) in [7, 11) is 1.51. The van der Waals surface area contributed by atoms with Gasteiger partial charge < -0.3 is 4.42 Å². The fourth-order valence-electron chi connectivity index (χ4n) is 3.48. The lowest BCUT2D eigenvalue weighted by Gasteiger charge is -2.12. The number of hydrogen-bond acceptors (Lipinski definition) is 3. The predicted molar refractivity (Wildman–Crippen MR) is 91.4 cm³/mol. The molecule has 0 atom stereocenters. The zero-order valence-electron chi connectivity index (χ0n) is 12.3. The Labute approximate surface area is 129 Å². The van der Waals surface area contributed by atoms with Gasteiger partial charge in [-0.2, -0.15) is 0 Å². The smallest absolute Gasteiger partial charge is 0.261 e. The standard InChI is InChI=1S/C19H11NO3/c1-20-18(21)12-7-6-11-10-4-2-3-5-14(10)23-15-9-8-13(19(20)22)16(12)17(11)15/h2-9H,1H3. The molecule has 2 aromatic heterocycles. The van der Waals surface area contributed by atoms with Crippen molar-refractivity contribution >= 4 is 43.5 Å². The van der Waals surface area contributed by atoms with Crippen molar-refractivity contribution in [3.63, 3.8) is 0 Å². The Morgan fingerprint density at radius 1 is 0.696 bits per heavy atom. The maximum absolute atomic E-state index is 12.5. The number of para-hydroxylation sites is 1. The minimum Gasteiger partial charge on any atom is -0.456 e. The van der Waals surface area contributed by atoms with E-state index in [4.69, 9.17) is 4.42 Å². The Bertz CT molecular complexity index is 1330. The quantitative estimate of drug-likeness (QED) is 0.325. The van der Waals surface area contributed by atoms with Crippen LogP contribution in [0.15, 0.2) is 62.5 Å². The van der Waals surface area contributed by atoms with Crippen molar-refractivity contribution in [2.24, 2.45) is 7.05 Å². The van der Waals surface area contributed by atoms with Crippen molar-refractivity contribution in [2.75, 3.05) is 0 Å². The van der Waals surface area contributed by atoms with Gasteiger partial charge in [-0.05, 0) is 29.7 Å². The van der Waals surface area contributed by atoms with Crippen molar-refractivity contribution in [1.29, 1.82) is 0 Å². The van der Waals surface area contributed by atoms with E-state index in [2.05, 4.69) is 0 Å². The molecule has 0 saturated carbocycles. The van der Waals surface area contributed by atoms with Gasteiger partial charge in [-0.3, -0.25) is 14.2 Å². The minimum atomic E-state index is -0.273. The van der Waals surface area contributed by atoms with E-state index in [1.165, 1.54) is 7.05 Å². The molecule has 5 rings (SSSR count). The summed E-state index contributed by atoms with van der Waals surface area (Å²) in [4.78, 5) is 24.9. The highest BCUT2D eigenvalue weighted by molar-refractivity contribution is 6.26. The fourth-order valence-corrected chi connectivity index (χ4v) is 3.48. The third-order valence-corrected chi connectivity index (χ3v) is 4.59. The van der Waals surface area contributed by atoms with Crippen LogP contribution in [0.4, 0.5) is 0 Å². The first-order chi connectivity index (χ1) is 11.2. The highest BCUT2D eigenvalue weighted by atomic mass is 16.3. The number of pyridine rings is 1. The number of hydrogen-bond donors (Lipinski definition) is 0. The molecule has 3 aromatic carbocycles. The third kappa shape index (κ3) is 1.40. The Balaban J connectivity index is 2.25. The molecule has 0 fully saturated rings. The van der Waals surface area contributed by atoms with E-state index >= 15 is 0 Å². The molecular formula is C19H11NO3. The van der Waals surface area contributed by atoms with Gasteiger partial charge in [0, 0.05) is 34.0 Å². The molecule has 2 heterocycles. The van der Waals surface area contributed by atoms with Crippen LogP contribution in [-0.2, 0) is 7.05 Å². The summed E-state index contributed by atoms with van der Waals surface area (Å²) in [6.07, 6.45) is 0. The Kier molecular flexibility index (Phi) is 2.15. The Morgan fingerprint density at radius 2 is 1.35 bits per heavy atom. The number of nitrogens with zero attached hydrogens (tertiary/aromatic N) is 1. The van der Waals surface area contributed by atoms with E-state index in [0.717, 1.165) is 26.3 Å². The number of aromatic nitrogens is 1. The number of rotatable bonds is 0. The number of fused-ring (bicyclic) bond motifs is 2. The van der Waals surface area contributed by atoms with Gasteiger partial charge in [-0.25, -0.2) is 0 Å². The lowest BCUT2D eigenvalue weighted by atomic mass is 9.96. The molecule has 0 aliphatic heterocycles. The van der Waals surface area contributed by atoms with Gasteiger partial charge in [0.1, 0.15) is 11.2 Å². The van der Waals surface area contributed by atoms with Gasteiger partial charge in [0.15, 0.2) is 0 Å². The van der Waals surface area contributed by atoms with E-state index in [-0.39, 0.29) is 11.1 Å². The van der Waals surface area contributed by atoms with E-state index in [0.29, 0.717) is 21.7 Å². The topological polar surface area (TPSA) is 52.2 Å². The van der Waals surface area contributed by atoms with Gasteiger partial charge in [-0.15, -0.1) is 0 Å². The summed E-state index contributed by atoms with van der Waals surface area (Å²) in [5, 5.41) is 4.60. The van der Waals surface area contributed by atoms with Gasteiger partial charge in [0.25, 0.3) is 11.1 Å². The van der Waals surface area contributed by atoms with Gasteiger partial charge in [0.05, 0.1) is 0 Å². The van der Waals surface area contributed by atoms with E-state index in [1.54, 1.807) is 12.1 Å². The largest absolute Gasteiger partial charge is 0.456 e. The lowest BCUT2D eigenvalue weighted by Crippen LogP contribution is -2.30. The van der Waals surface area contributed by atoms with E-state index in [1.807, 2.05) is 36.4 Å². The first-order valence-electron chi connectivity index (χ1n) is 7.36. The zero-order valence-corrected chi connectivity index (χ0v) is 12.3. The lowest BCUT2D eigenvalue weighted by molar-refractivity contribution is 0.662. The van der Waals surface area contributed by atoms with Crippen LogP contribution in [0, 0.1) is 0 Å². The third-order valence-electron chi connectivity index (χ3n) is 4.59. The van der Waals surface area contributed by atoms with E-state index < -0.39 is 0 Å². The predicted octanol–water partition coefficient (Wildman–Crippen LogP) is 3.39. The molecule has 0 radical (unpaired) electrons. The minimum absolute atomic E-state index is 0.273. The molecule has 5 aromatic rings. The van der Waals surface area contributed by atoms with Crippen molar-refractivity contribution in [2.45, 2.75) is 0 Å². The molecule has 0 N–H and O–H groups in total. The summed E-state index contributed by atoms with van der Waals surface area (Å²) in [6, 6.07) is 15.1. The molecule has 23 heavy (non-hydrogen) atoms. The summed E-state index contributed by atoms with van der Waals surface area (Å²) < 4.78 is 7.15. The van der Waals surface area contributed by atoms with Crippen LogP contribution in [0.3, 0.4) is 0 Å². The molecule has 4 nitrogen and oxygen atoms in total. The van der Waals surface area contributed by atoms with E-state index in [9.17, 15) is 9.59 Å². The summed E-state index contributed by atoms with van der Waals surface area (Å²) >= 11 is 0. The highest BCUT2D eigenvalue weighted by Crippen LogP contribution is 2.36. The van der Waals surface area contributed by atoms with Crippen LogP contribution in [-0.4, -0.2) is 4.57 Å². The van der Waals surface area contributed by atoms with Crippen LogP contribution >= 0.6 is 0 Å². The maximum atomic E-state index is 12.5. The molecule has 0 saturated heterocycles. The highest BCUT2D eigenvalue weighted by Gasteiger charge is 2.17. The maximum Gasteiger partial charge on any atom is 0.261 e. The van der Waals surface area contributed by atoms with Crippen molar-refractivity contribution in [3.05, 3.63) is 69.2 Å². The second kappa shape index (κ2) is 3.98. The number of benzene rings is 3.